The zero-order valence-corrected chi connectivity index (χ0v) is 12.1. The van der Waals surface area contributed by atoms with Crippen molar-refractivity contribution in [3.05, 3.63) is 29.8 Å². The Morgan fingerprint density at radius 1 is 1.24 bits per heavy atom. The minimum atomic E-state index is -0.339. The minimum absolute atomic E-state index is 0.0489. The van der Waals surface area contributed by atoms with E-state index in [0.717, 1.165) is 5.69 Å². The first kappa shape index (κ1) is 15.3. The van der Waals surface area contributed by atoms with Crippen LogP contribution in [-0.4, -0.2) is 56.2 Å². The third-order valence-corrected chi connectivity index (χ3v) is 3.20. The molecule has 1 N–H and O–H groups in total. The SMILES string of the molecule is CCOC(=O)c1ccc(NCC(=O)N2CCOCC2)cc1. The van der Waals surface area contributed by atoms with Crippen LogP contribution >= 0.6 is 0 Å². The summed E-state index contributed by atoms with van der Waals surface area (Å²) in [5.74, 6) is -0.291. The second-order valence-corrected chi connectivity index (χ2v) is 4.64. The molecule has 1 fully saturated rings. The Balaban J connectivity index is 1.83. The Hall–Kier alpha value is -2.08. The van der Waals surface area contributed by atoms with Gasteiger partial charge in [-0.2, -0.15) is 0 Å². The smallest absolute Gasteiger partial charge is 0.338 e. The molecule has 1 aromatic rings. The molecule has 1 amide bonds. The van der Waals surface area contributed by atoms with E-state index in [4.69, 9.17) is 9.47 Å². The number of nitrogens with one attached hydrogen (secondary N) is 1. The molecular formula is C15H20N2O4. The largest absolute Gasteiger partial charge is 0.462 e. The number of nitrogens with zero attached hydrogens (tertiary/aromatic N) is 1. The Labute approximate surface area is 124 Å². The molecule has 0 radical (unpaired) electrons. The number of amides is 1. The second kappa shape index (κ2) is 7.64. The zero-order chi connectivity index (χ0) is 15.1. The van der Waals surface area contributed by atoms with Crippen LogP contribution in [0.1, 0.15) is 17.3 Å². The minimum Gasteiger partial charge on any atom is -0.462 e. The molecule has 0 spiro atoms. The van der Waals surface area contributed by atoms with Crippen molar-refractivity contribution >= 4 is 17.6 Å². The number of carbonyl (C=O) groups excluding carboxylic acids is 2. The lowest BCUT2D eigenvalue weighted by molar-refractivity contribution is -0.133. The highest BCUT2D eigenvalue weighted by molar-refractivity contribution is 5.90. The lowest BCUT2D eigenvalue weighted by Crippen LogP contribution is -2.43. The second-order valence-electron chi connectivity index (χ2n) is 4.64. The van der Waals surface area contributed by atoms with E-state index in [9.17, 15) is 9.59 Å². The molecule has 0 atom stereocenters. The zero-order valence-electron chi connectivity index (χ0n) is 12.1. The van der Waals surface area contributed by atoms with Crippen molar-refractivity contribution in [1.82, 2.24) is 4.90 Å². The number of benzene rings is 1. The van der Waals surface area contributed by atoms with Crippen LogP contribution < -0.4 is 5.32 Å². The fourth-order valence-corrected chi connectivity index (χ4v) is 2.04. The Kier molecular flexibility index (Phi) is 5.57. The maximum atomic E-state index is 12.0. The molecule has 1 aliphatic heterocycles. The van der Waals surface area contributed by atoms with Crippen molar-refractivity contribution in [2.75, 3.05) is 44.8 Å². The first-order chi connectivity index (χ1) is 10.2. The predicted molar refractivity (Wildman–Crippen MR) is 78.3 cm³/mol. The number of carbonyl (C=O) groups is 2. The molecule has 114 valence electrons. The fourth-order valence-electron chi connectivity index (χ4n) is 2.04. The Bertz CT molecular complexity index is 481. The summed E-state index contributed by atoms with van der Waals surface area (Å²) in [5, 5.41) is 3.06. The molecule has 1 aromatic carbocycles. The van der Waals surface area contributed by atoms with Crippen molar-refractivity contribution in [3.8, 4) is 0 Å². The number of rotatable bonds is 5. The van der Waals surface area contributed by atoms with Crippen molar-refractivity contribution in [1.29, 1.82) is 0 Å². The van der Waals surface area contributed by atoms with Crippen molar-refractivity contribution < 1.29 is 19.1 Å². The topological polar surface area (TPSA) is 67.9 Å². The number of anilines is 1. The summed E-state index contributed by atoms with van der Waals surface area (Å²) in [6.07, 6.45) is 0. The summed E-state index contributed by atoms with van der Waals surface area (Å²) in [6.45, 7) is 4.83. The van der Waals surface area contributed by atoms with Crippen LogP contribution in [0.3, 0.4) is 0 Å². The molecule has 2 rings (SSSR count). The van der Waals surface area contributed by atoms with E-state index >= 15 is 0 Å². The van der Waals surface area contributed by atoms with Gasteiger partial charge in [0.25, 0.3) is 0 Å². The van der Waals surface area contributed by atoms with E-state index in [0.29, 0.717) is 38.5 Å². The van der Waals surface area contributed by atoms with Crippen LogP contribution in [0.25, 0.3) is 0 Å². The van der Waals surface area contributed by atoms with E-state index in [2.05, 4.69) is 5.32 Å². The van der Waals surface area contributed by atoms with Crippen LogP contribution in [0.15, 0.2) is 24.3 Å². The molecule has 1 saturated heterocycles. The quantitative estimate of drug-likeness (QED) is 0.824. The van der Waals surface area contributed by atoms with E-state index < -0.39 is 0 Å². The van der Waals surface area contributed by atoms with Crippen LogP contribution in [0.2, 0.25) is 0 Å². The molecule has 0 aliphatic carbocycles. The highest BCUT2D eigenvalue weighted by Gasteiger charge is 2.16. The molecule has 1 heterocycles. The fraction of sp³-hybridized carbons (Fsp3) is 0.467. The van der Waals surface area contributed by atoms with Gasteiger partial charge in [0.05, 0.1) is 31.9 Å². The molecule has 6 nitrogen and oxygen atoms in total. The Morgan fingerprint density at radius 2 is 1.90 bits per heavy atom. The van der Waals surface area contributed by atoms with Gasteiger partial charge in [-0.05, 0) is 31.2 Å². The third-order valence-electron chi connectivity index (χ3n) is 3.20. The van der Waals surface area contributed by atoms with Crippen LogP contribution in [0.4, 0.5) is 5.69 Å². The lowest BCUT2D eigenvalue weighted by Gasteiger charge is -2.27. The normalized spacial score (nSPS) is 14.6. The molecule has 6 heteroatoms. The van der Waals surface area contributed by atoms with Gasteiger partial charge in [0.2, 0.25) is 5.91 Å². The van der Waals surface area contributed by atoms with Crippen LogP contribution in [0, 0.1) is 0 Å². The maximum Gasteiger partial charge on any atom is 0.338 e. The van der Waals surface area contributed by atoms with Crippen molar-refractivity contribution in [3.63, 3.8) is 0 Å². The van der Waals surface area contributed by atoms with Gasteiger partial charge in [0.15, 0.2) is 0 Å². The highest BCUT2D eigenvalue weighted by Crippen LogP contribution is 2.10. The number of esters is 1. The van der Waals surface area contributed by atoms with Crippen molar-refractivity contribution in [2.24, 2.45) is 0 Å². The number of morpholine rings is 1. The van der Waals surface area contributed by atoms with E-state index in [1.807, 2.05) is 0 Å². The van der Waals surface area contributed by atoms with Gasteiger partial charge >= 0.3 is 5.97 Å². The molecule has 1 aliphatic rings. The van der Waals surface area contributed by atoms with Gasteiger partial charge in [-0.25, -0.2) is 4.79 Å². The summed E-state index contributed by atoms with van der Waals surface area (Å²) in [7, 11) is 0. The molecule has 0 bridgehead atoms. The lowest BCUT2D eigenvalue weighted by atomic mass is 10.2. The summed E-state index contributed by atoms with van der Waals surface area (Å²) < 4.78 is 10.1. The number of hydrogen-bond acceptors (Lipinski definition) is 5. The Morgan fingerprint density at radius 3 is 2.52 bits per heavy atom. The van der Waals surface area contributed by atoms with Crippen molar-refractivity contribution in [2.45, 2.75) is 6.92 Å². The molecule has 21 heavy (non-hydrogen) atoms. The average Bonchev–Trinajstić information content (AvgIpc) is 2.54. The molecular weight excluding hydrogens is 272 g/mol. The summed E-state index contributed by atoms with van der Waals surface area (Å²) in [5.41, 5.74) is 1.30. The van der Waals surface area contributed by atoms with Gasteiger partial charge in [-0.15, -0.1) is 0 Å². The van der Waals surface area contributed by atoms with Gasteiger partial charge < -0.3 is 19.7 Å². The summed E-state index contributed by atoms with van der Waals surface area (Å²) in [6, 6.07) is 6.89. The maximum absolute atomic E-state index is 12.0. The highest BCUT2D eigenvalue weighted by atomic mass is 16.5. The van der Waals surface area contributed by atoms with E-state index in [-0.39, 0.29) is 18.4 Å². The number of hydrogen-bond donors (Lipinski definition) is 1. The first-order valence-corrected chi connectivity index (χ1v) is 7.07. The van der Waals surface area contributed by atoms with Crippen LogP contribution in [-0.2, 0) is 14.3 Å². The van der Waals surface area contributed by atoms with Crippen LogP contribution in [0.5, 0.6) is 0 Å². The third kappa shape index (κ3) is 4.46. The van der Waals surface area contributed by atoms with E-state index in [1.54, 1.807) is 36.1 Å². The van der Waals surface area contributed by atoms with Gasteiger partial charge in [0.1, 0.15) is 0 Å². The molecule has 0 aromatic heterocycles. The number of ether oxygens (including phenoxy) is 2. The van der Waals surface area contributed by atoms with Gasteiger partial charge in [-0.1, -0.05) is 0 Å². The molecule has 0 unspecified atom stereocenters. The van der Waals surface area contributed by atoms with Gasteiger partial charge in [-0.3, -0.25) is 4.79 Å². The predicted octanol–water partition coefficient (Wildman–Crippen LogP) is 1.13. The average molecular weight is 292 g/mol. The summed E-state index contributed by atoms with van der Waals surface area (Å²) in [4.78, 5) is 25.3. The van der Waals surface area contributed by atoms with Gasteiger partial charge in [0, 0.05) is 18.8 Å². The summed E-state index contributed by atoms with van der Waals surface area (Å²) >= 11 is 0. The standard InChI is InChI=1S/C15H20N2O4/c1-2-21-15(19)12-3-5-13(6-4-12)16-11-14(18)17-7-9-20-10-8-17/h3-6,16H,2,7-11H2,1H3. The first-order valence-electron chi connectivity index (χ1n) is 7.07. The molecule has 0 saturated carbocycles. The monoisotopic (exact) mass is 292 g/mol. The van der Waals surface area contributed by atoms with E-state index in [1.165, 1.54) is 0 Å².